The maximum atomic E-state index is 11.6. The van der Waals surface area contributed by atoms with Crippen LogP contribution in [0.2, 0.25) is 0 Å². The molecule has 0 aliphatic rings. The van der Waals surface area contributed by atoms with Gasteiger partial charge in [0.15, 0.2) is 0 Å². The summed E-state index contributed by atoms with van der Waals surface area (Å²) in [6, 6.07) is 21.8. The molecule has 0 unspecified atom stereocenters. The number of carbonyl (C=O) groups is 1. The molecule has 0 fully saturated rings. The Morgan fingerprint density at radius 1 is 0.875 bits per heavy atom. The van der Waals surface area contributed by atoms with Crippen LogP contribution < -0.4 is 4.74 Å². The van der Waals surface area contributed by atoms with Crippen LogP contribution in [0.1, 0.15) is 15.9 Å². The van der Waals surface area contributed by atoms with Crippen LogP contribution in [0.25, 0.3) is 11.1 Å². The second kappa shape index (κ2) is 6.87. The Balaban J connectivity index is 2.06. The number of hydrogen-bond acceptors (Lipinski definition) is 3. The predicted molar refractivity (Wildman–Crippen MR) is 91.3 cm³/mol. The molecule has 3 rings (SSSR count). The molecule has 0 saturated heterocycles. The SMILES string of the molecule is O=C(O)c1c(O)ccc(-c2ccccc2)c1OCc1ccccc1. The summed E-state index contributed by atoms with van der Waals surface area (Å²) in [5, 5.41) is 19.4. The van der Waals surface area contributed by atoms with Gasteiger partial charge in [-0.25, -0.2) is 4.79 Å². The van der Waals surface area contributed by atoms with E-state index in [1.54, 1.807) is 6.07 Å². The zero-order valence-electron chi connectivity index (χ0n) is 12.8. The van der Waals surface area contributed by atoms with Crippen molar-refractivity contribution in [3.63, 3.8) is 0 Å². The number of rotatable bonds is 5. The molecule has 24 heavy (non-hydrogen) atoms. The highest BCUT2D eigenvalue weighted by Gasteiger charge is 2.21. The molecule has 0 bridgehead atoms. The number of hydrogen-bond donors (Lipinski definition) is 2. The summed E-state index contributed by atoms with van der Waals surface area (Å²) in [7, 11) is 0. The second-order valence-corrected chi connectivity index (χ2v) is 5.28. The molecule has 4 heteroatoms. The third kappa shape index (κ3) is 3.22. The summed E-state index contributed by atoms with van der Waals surface area (Å²) in [5.74, 6) is -1.38. The van der Waals surface area contributed by atoms with E-state index < -0.39 is 5.97 Å². The zero-order chi connectivity index (χ0) is 16.9. The van der Waals surface area contributed by atoms with E-state index in [1.165, 1.54) is 6.07 Å². The molecule has 0 heterocycles. The Bertz CT molecular complexity index is 842. The van der Waals surface area contributed by atoms with Crippen LogP contribution in [0, 0.1) is 0 Å². The van der Waals surface area contributed by atoms with Crippen LogP contribution in [-0.2, 0) is 6.61 Å². The van der Waals surface area contributed by atoms with Gasteiger partial charge < -0.3 is 14.9 Å². The zero-order valence-corrected chi connectivity index (χ0v) is 12.8. The summed E-state index contributed by atoms with van der Waals surface area (Å²) < 4.78 is 5.81. The van der Waals surface area contributed by atoms with Gasteiger partial charge in [-0.1, -0.05) is 60.7 Å². The molecule has 4 nitrogen and oxygen atoms in total. The lowest BCUT2D eigenvalue weighted by Crippen LogP contribution is -2.05. The second-order valence-electron chi connectivity index (χ2n) is 5.28. The third-order valence-corrected chi connectivity index (χ3v) is 3.66. The van der Waals surface area contributed by atoms with Gasteiger partial charge >= 0.3 is 5.97 Å². The van der Waals surface area contributed by atoms with Gasteiger partial charge in [-0.2, -0.15) is 0 Å². The van der Waals surface area contributed by atoms with Gasteiger partial charge in [0.2, 0.25) is 0 Å². The van der Waals surface area contributed by atoms with E-state index in [-0.39, 0.29) is 23.7 Å². The van der Waals surface area contributed by atoms with Gasteiger partial charge in [-0.3, -0.25) is 0 Å². The van der Waals surface area contributed by atoms with Crippen molar-refractivity contribution in [3.8, 4) is 22.6 Å². The van der Waals surface area contributed by atoms with Crippen LogP contribution in [0.4, 0.5) is 0 Å². The molecular formula is C20H16O4. The number of aromatic carboxylic acids is 1. The Kier molecular flexibility index (Phi) is 4.47. The molecule has 120 valence electrons. The molecule has 0 atom stereocenters. The fraction of sp³-hybridized carbons (Fsp3) is 0.0500. The Labute approximate surface area is 139 Å². The van der Waals surface area contributed by atoms with Crippen molar-refractivity contribution in [2.24, 2.45) is 0 Å². The van der Waals surface area contributed by atoms with Gasteiger partial charge in [-0.15, -0.1) is 0 Å². The van der Waals surface area contributed by atoms with E-state index in [0.29, 0.717) is 5.56 Å². The summed E-state index contributed by atoms with van der Waals surface area (Å²) in [5.41, 5.74) is 2.13. The van der Waals surface area contributed by atoms with Crippen molar-refractivity contribution in [2.75, 3.05) is 0 Å². The van der Waals surface area contributed by atoms with Crippen molar-refractivity contribution in [2.45, 2.75) is 6.61 Å². The van der Waals surface area contributed by atoms with E-state index >= 15 is 0 Å². The van der Waals surface area contributed by atoms with Gasteiger partial charge in [0, 0.05) is 5.56 Å². The first-order chi connectivity index (χ1) is 11.7. The van der Waals surface area contributed by atoms with E-state index in [4.69, 9.17) is 4.74 Å². The number of carboxylic acids is 1. The first kappa shape index (κ1) is 15.6. The third-order valence-electron chi connectivity index (χ3n) is 3.66. The summed E-state index contributed by atoms with van der Waals surface area (Å²) in [6.07, 6.45) is 0. The average Bonchev–Trinajstić information content (AvgIpc) is 2.61. The molecule has 0 saturated carbocycles. The molecule has 2 N–H and O–H groups in total. The van der Waals surface area contributed by atoms with Gasteiger partial charge in [0.05, 0.1) is 0 Å². The average molecular weight is 320 g/mol. The van der Waals surface area contributed by atoms with Gasteiger partial charge in [0.1, 0.15) is 23.7 Å². The highest BCUT2D eigenvalue weighted by atomic mass is 16.5. The predicted octanol–water partition coefficient (Wildman–Crippen LogP) is 4.34. The normalized spacial score (nSPS) is 10.3. The molecule has 0 aliphatic carbocycles. The van der Waals surface area contributed by atoms with Crippen molar-refractivity contribution in [1.29, 1.82) is 0 Å². The lowest BCUT2D eigenvalue weighted by atomic mass is 10.0. The smallest absolute Gasteiger partial charge is 0.343 e. The van der Waals surface area contributed by atoms with Gasteiger partial charge in [-0.05, 0) is 23.3 Å². The Morgan fingerprint density at radius 2 is 1.50 bits per heavy atom. The quantitative estimate of drug-likeness (QED) is 0.734. The maximum Gasteiger partial charge on any atom is 0.343 e. The minimum atomic E-state index is -1.23. The molecule has 0 radical (unpaired) electrons. The fourth-order valence-corrected chi connectivity index (χ4v) is 2.50. The first-order valence-corrected chi connectivity index (χ1v) is 7.48. The Hall–Kier alpha value is -3.27. The van der Waals surface area contributed by atoms with E-state index in [0.717, 1.165) is 11.1 Å². The van der Waals surface area contributed by atoms with Crippen molar-refractivity contribution < 1.29 is 19.7 Å². The lowest BCUT2D eigenvalue weighted by Gasteiger charge is -2.15. The van der Waals surface area contributed by atoms with Crippen LogP contribution in [0.5, 0.6) is 11.5 Å². The van der Waals surface area contributed by atoms with Crippen LogP contribution in [-0.4, -0.2) is 16.2 Å². The Morgan fingerprint density at radius 3 is 2.12 bits per heavy atom. The molecule has 0 amide bonds. The fourth-order valence-electron chi connectivity index (χ4n) is 2.50. The first-order valence-electron chi connectivity index (χ1n) is 7.48. The molecular weight excluding hydrogens is 304 g/mol. The van der Waals surface area contributed by atoms with Crippen molar-refractivity contribution >= 4 is 5.97 Å². The molecule has 0 spiro atoms. The summed E-state index contributed by atoms with van der Waals surface area (Å²) >= 11 is 0. The monoisotopic (exact) mass is 320 g/mol. The molecule has 3 aromatic carbocycles. The van der Waals surface area contributed by atoms with E-state index in [9.17, 15) is 15.0 Å². The number of ether oxygens (including phenoxy) is 1. The highest BCUT2D eigenvalue weighted by molar-refractivity contribution is 5.97. The largest absolute Gasteiger partial charge is 0.507 e. The standard InChI is InChI=1S/C20H16O4/c21-17-12-11-16(15-9-5-2-6-10-15)19(18(17)20(22)23)24-13-14-7-3-1-4-8-14/h1-12,21H,13H2,(H,22,23). The minimum Gasteiger partial charge on any atom is -0.507 e. The summed E-state index contributed by atoms with van der Waals surface area (Å²) in [4.78, 5) is 11.6. The van der Waals surface area contributed by atoms with E-state index in [1.807, 2.05) is 60.7 Å². The summed E-state index contributed by atoms with van der Waals surface area (Å²) in [6.45, 7) is 0.213. The van der Waals surface area contributed by atoms with E-state index in [2.05, 4.69) is 0 Å². The number of benzene rings is 3. The maximum absolute atomic E-state index is 11.6. The van der Waals surface area contributed by atoms with Crippen molar-refractivity contribution in [3.05, 3.63) is 83.9 Å². The minimum absolute atomic E-state index is 0.164. The van der Waals surface area contributed by atoms with Crippen LogP contribution in [0.15, 0.2) is 72.8 Å². The number of aromatic hydroxyl groups is 1. The van der Waals surface area contributed by atoms with Crippen LogP contribution in [0.3, 0.4) is 0 Å². The van der Waals surface area contributed by atoms with Crippen molar-refractivity contribution in [1.82, 2.24) is 0 Å². The highest BCUT2D eigenvalue weighted by Crippen LogP contribution is 2.38. The molecule has 3 aromatic rings. The van der Waals surface area contributed by atoms with Gasteiger partial charge in [0.25, 0.3) is 0 Å². The topological polar surface area (TPSA) is 66.8 Å². The lowest BCUT2D eigenvalue weighted by molar-refractivity contribution is 0.0688. The number of carboxylic acid groups (broad SMARTS) is 1. The molecule has 0 aliphatic heterocycles. The van der Waals surface area contributed by atoms with Crippen LogP contribution >= 0.6 is 0 Å². The molecule has 0 aromatic heterocycles. The number of phenols is 1.